The fourth-order valence-corrected chi connectivity index (χ4v) is 3.53. The molecule has 0 saturated carbocycles. The summed E-state index contributed by atoms with van der Waals surface area (Å²) in [7, 11) is 1.21. The largest absolute Gasteiger partial charge is 0.619 e. The molecule has 2 aromatic carbocycles. The van der Waals surface area contributed by atoms with Crippen LogP contribution in [-0.2, 0) is 9.53 Å². The van der Waals surface area contributed by atoms with Crippen LogP contribution in [0.3, 0.4) is 0 Å². The molecule has 2 aromatic heterocycles. The Morgan fingerprint density at radius 3 is 2.50 bits per heavy atom. The number of amides is 1. The summed E-state index contributed by atoms with van der Waals surface area (Å²) in [5, 5.41) is 14.9. The first-order valence-electron chi connectivity index (χ1n) is 9.80. The highest BCUT2D eigenvalue weighted by Gasteiger charge is 2.28. The number of fused-ring (bicyclic) bond motifs is 1. The lowest BCUT2D eigenvalue weighted by molar-refractivity contribution is -0.605. The molecule has 0 fully saturated rings. The van der Waals surface area contributed by atoms with E-state index in [9.17, 15) is 14.8 Å². The molecule has 2 heterocycles. The van der Waals surface area contributed by atoms with Crippen LogP contribution < -0.4 is 15.8 Å². The van der Waals surface area contributed by atoms with Crippen molar-refractivity contribution in [3.05, 3.63) is 95.5 Å². The van der Waals surface area contributed by atoms with Crippen molar-refractivity contribution in [2.24, 2.45) is 0 Å². The molecule has 0 spiro atoms. The molecule has 8 heteroatoms. The predicted molar refractivity (Wildman–Crippen MR) is 119 cm³/mol. The van der Waals surface area contributed by atoms with Gasteiger partial charge in [0.15, 0.2) is 18.4 Å². The minimum Gasteiger partial charge on any atom is -0.619 e. The Hall–Kier alpha value is -4.46. The topological polar surface area (TPSA) is 121 Å². The van der Waals surface area contributed by atoms with Gasteiger partial charge in [-0.2, -0.15) is 4.73 Å². The average Bonchev–Trinajstić information content (AvgIpc) is 2.82. The zero-order valence-corrected chi connectivity index (χ0v) is 17.2. The van der Waals surface area contributed by atoms with E-state index in [1.807, 2.05) is 36.4 Å². The van der Waals surface area contributed by atoms with Crippen LogP contribution in [0.2, 0.25) is 0 Å². The molecule has 0 saturated heterocycles. The highest BCUT2D eigenvalue weighted by Crippen LogP contribution is 2.32. The van der Waals surface area contributed by atoms with E-state index in [4.69, 9.17) is 10.5 Å². The predicted octanol–water partition coefficient (Wildman–Crippen LogP) is 2.76. The van der Waals surface area contributed by atoms with Gasteiger partial charge in [-0.3, -0.25) is 4.79 Å². The number of hydrogen-bond acceptors (Lipinski definition) is 6. The minimum absolute atomic E-state index is 0.183. The second kappa shape index (κ2) is 8.73. The molecule has 0 aliphatic heterocycles. The van der Waals surface area contributed by atoms with Gasteiger partial charge in [0.2, 0.25) is 0 Å². The number of esters is 1. The lowest BCUT2D eigenvalue weighted by Gasteiger charge is -2.19. The number of nitrogens with one attached hydrogen (secondary N) is 1. The number of carbonyl (C=O) groups excluding carboxylic acids is 2. The lowest BCUT2D eigenvalue weighted by Crippen LogP contribution is -2.37. The number of aromatic nitrogens is 2. The van der Waals surface area contributed by atoms with Gasteiger partial charge in [0.05, 0.1) is 35.1 Å². The number of carbonyl (C=O) groups is 2. The average molecular weight is 428 g/mol. The Kier molecular flexibility index (Phi) is 5.67. The second-order valence-corrected chi connectivity index (χ2v) is 7.06. The Balaban J connectivity index is 1.83. The first-order chi connectivity index (χ1) is 15.5. The van der Waals surface area contributed by atoms with Crippen molar-refractivity contribution in [1.82, 2.24) is 10.3 Å². The summed E-state index contributed by atoms with van der Waals surface area (Å²) in [5.41, 5.74) is 8.88. The van der Waals surface area contributed by atoms with Gasteiger partial charge in [-0.1, -0.05) is 48.5 Å². The molecule has 0 aliphatic carbocycles. The van der Waals surface area contributed by atoms with Crippen LogP contribution in [0.5, 0.6) is 0 Å². The quantitative estimate of drug-likeness (QED) is 0.286. The molecule has 4 rings (SSSR count). The van der Waals surface area contributed by atoms with Crippen molar-refractivity contribution < 1.29 is 19.1 Å². The molecule has 1 atom stereocenters. The standard InChI is InChI=1S/C24H20N4O4/c1-32-24(30)22(16-10-7-13-28(31)14-16)27-23(29)19-17-11-5-6-12-18(17)26-21(20(19)25)15-8-3-2-4-9-15/h2-14,22H,25H2,1H3,(H,27,29). The summed E-state index contributed by atoms with van der Waals surface area (Å²) in [6, 6.07) is 18.2. The van der Waals surface area contributed by atoms with E-state index < -0.39 is 17.9 Å². The summed E-state index contributed by atoms with van der Waals surface area (Å²) in [6.45, 7) is 0. The summed E-state index contributed by atoms with van der Waals surface area (Å²) in [6.07, 6.45) is 2.48. The number of nitrogens with zero attached hydrogens (tertiary/aromatic N) is 2. The van der Waals surface area contributed by atoms with Crippen molar-refractivity contribution in [2.75, 3.05) is 12.8 Å². The van der Waals surface area contributed by atoms with E-state index in [1.54, 1.807) is 24.3 Å². The van der Waals surface area contributed by atoms with Crippen molar-refractivity contribution >= 4 is 28.5 Å². The number of benzene rings is 2. The maximum atomic E-state index is 13.4. The van der Waals surface area contributed by atoms with Crippen LogP contribution >= 0.6 is 0 Å². The minimum atomic E-state index is -1.19. The number of pyridine rings is 2. The fourth-order valence-electron chi connectivity index (χ4n) is 3.53. The molecular formula is C24H20N4O4. The van der Waals surface area contributed by atoms with Gasteiger partial charge in [0.25, 0.3) is 5.91 Å². The van der Waals surface area contributed by atoms with Gasteiger partial charge in [-0.15, -0.1) is 0 Å². The van der Waals surface area contributed by atoms with Crippen molar-refractivity contribution in [3.63, 3.8) is 0 Å². The van der Waals surface area contributed by atoms with E-state index in [1.165, 1.54) is 25.6 Å². The molecule has 160 valence electrons. The number of hydrogen-bond donors (Lipinski definition) is 2. The zero-order valence-electron chi connectivity index (χ0n) is 17.2. The van der Waals surface area contributed by atoms with Crippen molar-refractivity contribution in [3.8, 4) is 11.3 Å². The summed E-state index contributed by atoms with van der Waals surface area (Å²) < 4.78 is 5.39. The summed E-state index contributed by atoms with van der Waals surface area (Å²) in [5.74, 6) is -1.31. The van der Waals surface area contributed by atoms with Gasteiger partial charge < -0.3 is 21.0 Å². The Morgan fingerprint density at radius 1 is 1.06 bits per heavy atom. The third-order valence-corrected chi connectivity index (χ3v) is 5.05. The van der Waals surface area contributed by atoms with Gasteiger partial charge >= 0.3 is 5.97 Å². The summed E-state index contributed by atoms with van der Waals surface area (Å²) >= 11 is 0. The van der Waals surface area contributed by atoms with Crippen molar-refractivity contribution in [1.29, 1.82) is 0 Å². The molecule has 3 N–H and O–H groups in total. The number of nitrogen functional groups attached to an aromatic ring is 1. The Labute approximate surface area is 183 Å². The van der Waals surface area contributed by atoms with E-state index >= 15 is 0 Å². The summed E-state index contributed by atoms with van der Waals surface area (Å²) in [4.78, 5) is 30.5. The first-order valence-corrected chi connectivity index (χ1v) is 9.80. The van der Waals surface area contributed by atoms with E-state index in [0.717, 1.165) is 5.56 Å². The normalized spacial score (nSPS) is 11.7. The van der Waals surface area contributed by atoms with Crippen LogP contribution in [0.1, 0.15) is 22.0 Å². The molecule has 0 aliphatic rings. The van der Waals surface area contributed by atoms with Gasteiger partial charge in [-0.05, 0) is 12.1 Å². The molecule has 4 aromatic rings. The highest BCUT2D eigenvalue weighted by atomic mass is 16.5. The zero-order chi connectivity index (χ0) is 22.7. The Bertz CT molecular complexity index is 1310. The molecule has 1 unspecified atom stereocenters. The van der Waals surface area contributed by atoms with Crippen molar-refractivity contribution in [2.45, 2.75) is 6.04 Å². The van der Waals surface area contributed by atoms with Gasteiger partial charge in [0, 0.05) is 17.0 Å². The first kappa shape index (κ1) is 20.8. The third kappa shape index (κ3) is 3.93. The van der Waals surface area contributed by atoms with Crippen LogP contribution in [0.25, 0.3) is 22.2 Å². The Morgan fingerprint density at radius 2 is 1.78 bits per heavy atom. The number of methoxy groups -OCH3 is 1. The van der Waals surface area contributed by atoms with E-state index in [0.29, 0.717) is 21.3 Å². The molecule has 0 radical (unpaired) electrons. The van der Waals surface area contributed by atoms with Crippen LogP contribution in [-0.4, -0.2) is 24.0 Å². The lowest BCUT2D eigenvalue weighted by atomic mass is 10.00. The number of para-hydroxylation sites is 1. The van der Waals surface area contributed by atoms with Gasteiger partial charge in [-0.25, -0.2) is 9.78 Å². The SMILES string of the molecule is COC(=O)C(NC(=O)c1c(N)c(-c2ccccc2)nc2ccccc12)c1ccc[n+]([O-])c1. The maximum absolute atomic E-state index is 13.4. The molecular weight excluding hydrogens is 408 g/mol. The highest BCUT2D eigenvalue weighted by molar-refractivity contribution is 6.13. The number of rotatable bonds is 5. The molecule has 0 bridgehead atoms. The van der Waals surface area contributed by atoms with Crippen LogP contribution in [0, 0.1) is 5.21 Å². The molecule has 32 heavy (non-hydrogen) atoms. The molecule has 8 nitrogen and oxygen atoms in total. The smallest absolute Gasteiger partial charge is 0.333 e. The van der Waals surface area contributed by atoms with Crippen LogP contribution in [0.15, 0.2) is 79.1 Å². The number of anilines is 1. The number of nitrogens with two attached hydrogens (primary N) is 1. The molecule has 1 amide bonds. The maximum Gasteiger partial charge on any atom is 0.333 e. The van der Waals surface area contributed by atoms with Crippen LogP contribution in [0.4, 0.5) is 5.69 Å². The third-order valence-electron chi connectivity index (χ3n) is 5.05. The number of ether oxygens (including phenoxy) is 1. The fraction of sp³-hybridized carbons (Fsp3) is 0.0833. The second-order valence-electron chi connectivity index (χ2n) is 7.06. The van der Waals surface area contributed by atoms with E-state index in [-0.39, 0.29) is 16.8 Å². The monoisotopic (exact) mass is 428 g/mol. The van der Waals surface area contributed by atoms with Gasteiger partial charge in [0.1, 0.15) is 0 Å². The van der Waals surface area contributed by atoms with E-state index in [2.05, 4.69) is 10.3 Å².